The van der Waals surface area contributed by atoms with Crippen LogP contribution >= 0.6 is 0 Å². The van der Waals surface area contributed by atoms with Crippen molar-refractivity contribution in [3.63, 3.8) is 0 Å². The van der Waals surface area contributed by atoms with E-state index >= 15 is 0 Å². The minimum Gasteiger partial charge on any atom is -0.0654 e. The van der Waals surface area contributed by atoms with Crippen LogP contribution in [0.1, 0.15) is 33.6 Å². The molecule has 41 valence electrons. The molecule has 0 atom stereocenters. The molecule has 0 aliphatic rings. The van der Waals surface area contributed by atoms with Gasteiger partial charge >= 0.3 is 23.1 Å². The monoisotopic (exact) mass is 111 g/mol. The van der Waals surface area contributed by atoms with Crippen LogP contribution in [0, 0.1) is 5.92 Å². The largest absolute Gasteiger partial charge is 0.316 e. The first kappa shape index (κ1) is 10.7. The molecule has 1 heteroatoms. The standard InChI is InChI=1S/C6H13.Mg.2H/c1-4-5-6(2)3;;;/h4-5H2,1-3H3;;;. The summed E-state index contributed by atoms with van der Waals surface area (Å²) < 4.78 is 0. The van der Waals surface area contributed by atoms with E-state index in [0.717, 1.165) is 0 Å². The van der Waals surface area contributed by atoms with Crippen molar-refractivity contribution in [3.8, 4) is 0 Å². The minimum absolute atomic E-state index is 0. The maximum atomic E-state index is 2.20. The molecule has 0 spiro atoms. The van der Waals surface area contributed by atoms with E-state index in [-0.39, 0.29) is 23.1 Å². The fourth-order valence-corrected chi connectivity index (χ4v) is 0.500. The molecule has 0 heterocycles. The fraction of sp³-hybridized carbons (Fsp3) is 0.833. The number of rotatable bonds is 2. The third-order valence-electron chi connectivity index (χ3n) is 0.750. The van der Waals surface area contributed by atoms with E-state index < -0.39 is 0 Å². The van der Waals surface area contributed by atoms with Crippen LogP contribution in [0.2, 0.25) is 0 Å². The Bertz CT molecular complexity index is 25.4. The van der Waals surface area contributed by atoms with E-state index in [9.17, 15) is 0 Å². The van der Waals surface area contributed by atoms with Crippen LogP contribution in [0.5, 0.6) is 0 Å². The van der Waals surface area contributed by atoms with E-state index in [0.29, 0.717) is 0 Å². The van der Waals surface area contributed by atoms with Gasteiger partial charge in [-0.25, -0.2) is 0 Å². The van der Waals surface area contributed by atoms with E-state index in [4.69, 9.17) is 0 Å². The zero-order valence-corrected chi connectivity index (χ0v) is 4.91. The van der Waals surface area contributed by atoms with Gasteiger partial charge in [0, 0.05) is 0 Å². The quantitative estimate of drug-likeness (QED) is 0.474. The third-order valence-corrected chi connectivity index (χ3v) is 0.750. The van der Waals surface area contributed by atoms with Gasteiger partial charge < -0.3 is 0 Å². The van der Waals surface area contributed by atoms with Crippen LogP contribution in [0.3, 0.4) is 0 Å². The summed E-state index contributed by atoms with van der Waals surface area (Å²) in [5.74, 6) is 1.54. The maximum Gasteiger partial charge on any atom is 0.316 e. The highest BCUT2D eigenvalue weighted by atomic mass is 24.3. The molecule has 0 saturated heterocycles. The molecule has 0 fully saturated rings. The first-order chi connectivity index (χ1) is 2.77. The summed E-state index contributed by atoms with van der Waals surface area (Å²) in [6.07, 6.45) is 2.59. The number of hydrogen-bond acceptors (Lipinski definition) is 0. The topological polar surface area (TPSA) is 0 Å². The smallest absolute Gasteiger partial charge is 0.0654 e. The molecule has 0 aromatic rings. The highest BCUT2D eigenvalue weighted by molar-refractivity contribution is 5.75. The third kappa shape index (κ3) is 10.8. The molecule has 0 unspecified atom stereocenters. The van der Waals surface area contributed by atoms with Crippen LogP contribution in [0.25, 0.3) is 0 Å². The van der Waals surface area contributed by atoms with Crippen molar-refractivity contribution in [1.82, 2.24) is 0 Å². The molecule has 0 aliphatic heterocycles. The first-order valence-electron chi connectivity index (χ1n) is 2.56. The van der Waals surface area contributed by atoms with E-state index in [1.165, 1.54) is 18.8 Å². The predicted octanol–water partition coefficient (Wildman–Crippen LogP) is 1.48. The van der Waals surface area contributed by atoms with Gasteiger partial charge in [0.05, 0.1) is 0 Å². The van der Waals surface area contributed by atoms with Crippen molar-refractivity contribution in [1.29, 1.82) is 0 Å². The Labute approximate surface area is 62.8 Å². The van der Waals surface area contributed by atoms with E-state index in [1.54, 1.807) is 0 Å². The van der Waals surface area contributed by atoms with Gasteiger partial charge in [0.1, 0.15) is 0 Å². The summed E-state index contributed by atoms with van der Waals surface area (Å²) in [6.45, 7) is 6.54. The van der Waals surface area contributed by atoms with Crippen LogP contribution < -0.4 is 0 Å². The zero-order valence-electron chi connectivity index (χ0n) is 4.91. The Morgan fingerprint density at radius 1 is 1.29 bits per heavy atom. The summed E-state index contributed by atoms with van der Waals surface area (Å²) in [6, 6.07) is 0. The van der Waals surface area contributed by atoms with E-state index in [2.05, 4.69) is 20.8 Å². The van der Waals surface area contributed by atoms with Gasteiger partial charge in [-0.1, -0.05) is 27.2 Å². The molecule has 0 saturated carbocycles. The molecule has 0 nitrogen and oxygen atoms in total. The van der Waals surface area contributed by atoms with Crippen molar-refractivity contribution in [2.24, 2.45) is 0 Å². The Hall–Kier alpha value is 0.766. The molecular formula is C6H15Mg. The highest BCUT2D eigenvalue weighted by Crippen LogP contribution is 2.03. The lowest BCUT2D eigenvalue weighted by Crippen LogP contribution is -1.78. The highest BCUT2D eigenvalue weighted by Gasteiger charge is 1.86. The molecule has 7 heavy (non-hydrogen) atoms. The Kier molecular flexibility index (Phi) is 10.3. The molecule has 0 aromatic heterocycles. The second-order valence-corrected chi connectivity index (χ2v) is 1.96. The molecule has 0 aromatic carbocycles. The SMILES string of the molecule is CCC[C](C)C.[MgH2]. The predicted molar refractivity (Wildman–Crippen MR) is 38.0 cm³/mol. The van der Waals surface area contributed by atoms with Crippen LogP contribution in [0.15, 0.2) is 0 Å². The summed E-state index contributed by atoms with van der Waals surface area (Å²) in [7, 11) is 0. The first-order valence-corrected chi connectivity index (χ1v) is 2.56. The zero-order chi connectivity index (χ0) is 4.99. The Balaban J connectivity index is 0. The molecule has 0 amide bonds. The molecule has 0 bridgehead atoms. The normalized spacial score (nSPS) is 8.57. The van der Waals surface area contributed by atoms with Gasteiger partial charge in [-0.2, -0.15) is 0 Å². The number of hydrogen-bond donors (Lipinski definition) is 0. The van der Waals surface area contributed by atoms with E-state index in [1.807, 2.05) is 0 Å². The van der Waals surface area contributed by atoms with Gasteiger partial charge in [-0.15, -0.1) is 0 Å². The van der Waals surface area contributed by atoms with Gasteiger partial charge in [0.2, 0.25) is 0 Å². The molecule has 0 rings (SSSR count). The van der Waals surface area contributed by atoms with Crippen molar-refractivity contribution < 1.29 is 0 Å². The van der Waals surface area contributed by atoms with Crippen LogP contribution in [0.4, 0.5) is 0 Å². The average Bonchev–Trinajstić information content (AvgIpc) is 1.35. The molecule has 1 radical (unpaired) electrons. The molecule has 0 N–H and O–H groups in total. The van der Waals surface area contributed by atoms with Crippen molar-refractivity contribution in [3.05, 3.63) is 5.92 Å². The summed E-state index contributed by atoms with van der Waals surface area (Å²) in [4.78, 5) is 0. The average molecular weight is 111 g/mol. The molecular weight excluding hydrogens is 96.4 g/mol. The van der Waals surface area contributed by atoms with Crippen LogP contribution in [-0.2, 0) is 0 Å². The fourth-order valence-electron chi connectivity index (χ4n) is 0.500. The van der Waals surface area contributed by atoms with Gasteiger partial charge in [0.15, 0.2) is 0 Å². The second kappa shape index (κ2) is 6.77. The summed E-state index contributed by atoms with van der Waals surface area (Å²) in [5, 5.41) is 0. The lowest BCUT2D eigenvalue weighted by molar-refractivity contribution is 0.807. The van der Waals surface area contributed by atoms with Gasteiger partial charge in [0.25, 0.3) is 0 Å². The van der Waals surface area contributed by atoms with Crippen molar-refractivity contribution in [2.75, 3.05) is 0 Å². The van der Waals surface area contributed by atoms with Crippen molar-refractivity contribution in [2.45, 2.75) is 33.6 Å². The summed E-state index contributed by atoms with van der Waals surface area (Å²) in [5.41, 5.74) is 0. The lowest BCUT2D eigenvalue weighted by atomic mass is 10.1. The maximum absolute atomic E-state index is 2.20. The molecule has 0 aliphatic carbocycles. The Morgan fingerprint density at radius 3 is 1.71 bits per heavy atom. The van der Waals surface area contributed by atoms with Gasteiger partial charge in [-0.3, -0.25) is 0 Å². The lowest BCUT2D eigenvalue weighted by Gasteiger charge is -1.95. The summed E-state index contributed by atoms with van der Waals surface area (Å²) >= 11 is 0. The second-order valence-electron chi connectivity index (χ2n) is 1.96. The minimum atomic E-state index is 0. The van der Waals surface area contributed by atoms with Gasteiger partial charge in [-0.05, 0) is 12.3 Å². The van der Waals surface area contributed by atoms with Crippen LogP contribution in [-0.4, -0.2) is 23.1 Å². The van der Waals surface area contributed by atoms with Crippen molar-refractivity contribution >= 4 is 23.1 Å². The Morgan fingerprint density at radius 2 is 1.71 bits per heavy atom.